The summed E-state index contributed by atoms with van der Waals surface area (Å²) in [5.41, 5.74) is 0.688. The molecular formula is C12H19ClN2O2. The number of hydrogen-bond donors (Lipinski definition) is 1. The standard InChI is InChI=1S/C12H19ClN2O2/c1-3-6-15-11(9(13)7-14-15)12(16)10-5-4-8(2)17-10/h7-8,10,12,16H,3-6H2,1-2H3. The minimum atomic E-state index is -0.679. The molecule has 5 heteroatoms. The molecule has 0 aromatic carbocycles. The van der Waals surface area contributed by atoms with Crippen LogP contribution in [0.15, 0.2) is 6.20 Å². The van der Waals surface area contributed by atoms with Crippen LogP contribution in [0.2, 0.25) is 5.02 Å². The first-order chi connectivity index (χ1) is 8.13. The number of aryl methyl sites for hydroxylation is 1. The van der Waals surface area contributed by atoms with Crippen LogP contribution in [0.3, 0.4) is 0 Å². The quantitative estimate of drug-likeness (QED) is 0.903. The second-order valence-corrected chi connectivity index (χ2v) is 5.02. The van der Waals surface area contributed by atoms with E-state index in [1.54, 1.807) is 10.9 Å². The van der Waals surface area contributed by atoms with Gasteiger partial charge in [0.05, 0.1) is 29.1 Å². The highest BCUT2D eigenvalue weighted by Gasteiger charge is 2.32. The molecule has 1 N–H and O–H groups in total. The Hall–Kier alpha value is -0.580. The molecule has 1 saturated heterocycles. The molecule has 0 amide bonds. The van der Waals surface area contributed by atoms with Gasteiger partial charge in [0.15, 0.2) is 0 Å². The van der Waals surface area contributed by atoms with Gasteiger partial charge in [0, 0.05) is 6.54 Å². The molecule has 1 aromatic rings. The van der Waals surface area contributed by atoms with Crippen LogP contribution in [0, 0.1) is 0 Å². The number of nitrogens with zero attached hydrogens (tertiary/aromatic N) is 2. The number of rotatable bonds is 4. The van der Waals surface area contributed by atoms with Gasteiger partial charge in [0.25, 0.3) is 0 Å². The van der Waals surface area contributed by atoms with Crippen molar-refractivity contribution in [3.63, 3.8) is 0 Å². The van der Waals surface area contributed by atoms with Gasteiger partial charge < -0.3 is 9.84 Å². The smallest absolute Gasteiger partial charge is 0.123 e. The highest BCUT2D eigenvalue weighted by Crippen LogP contribution is 2.33. The lowest BCUT2D eigenvalue weighted by Crippen LogP contribution is -2.22. The molecule has 0 bridgehead atoms. The number of aromatic nitrogens is 2. The summed E-state index contributed by atoms with van der Waals surface area (Å²) >= 11 is 6.09. The molecule has 1 aliphatic rings. The van der Waals surface area contributed by atoms with Gasteiger partial charge in [0.2, 0.25) is 0 Å². The first-order valence-corrected chi connectivity index (χ1v) is 6.56. The normalized spacial score (nSPS) is 26.4. The average Bonchev–Trinajstić information content (AvgIpc) is 2.86. The summed E-state index contributed by atoms with van der Waals surface area (Å²) < 4.78 is 7.46. The minimum Gasteiger partial charge on any atom is -0.384 e. The van der Waals surface area contributed by atoms with Crippen LogP contribution in [0.5, 0.6) is 0 Å². The van der Waals surface area contributed by atoms with E-state index in [2.05, 4.69) is 12.0 Å². The largest absolute Gasteiger partial charge is 0.384 e. The Bertz CT molecular complexity index is 381. The van der Waals surface area contributed by atoms with Crippen molar-refractivity contribution in [3.05, 3.63) is 16.9 Å². The molecule has 3 atom stereocenters. The fourth-order valence-corrected chi connectivity index (χ4v) is 2.55. The maximum atomic E-state index is 10.3. The van der Waals surface area contributed by atoms with Gasteiger partial charge in [-0.1, -0.05) is 18.5 Å². The van der Waals surface area contributed by atoms with Crippen molar-refractivity contribution in [2.45, 2.75) is 58.0 Å². The molecule has 0 aliphatic carbocycles. The maximum Gasteiger partial charge on any atom is 0.123 e. The molecule has 17 heavy (non-hydrogen) atoms. The molecule has 1 aromatic heterocycles. The number of ether oxygens (including phenoxy) is 1. The van der Waals surface area contributed by atoms with Crippen LogP contribution in [0.25, 0.3) is 0 Å². The van der Waals surface area contributed by atoms with Crippen molar-refractivity contribution in [1.82, 2.24) is 9.78 Å². The van der Waals surface area contributed by atoms with E-state index >= 15 is 0 Å². The molecule has 0 saturated carbocycles. The number of hydrogen-bond acceptors (Lipinski definition) is 3. The zero-order chi connectivity index (χ0) is 12.4. The molecular weight excluding hydrogens is 240 g/mol. The van der Waals surface area contributed by atoms with Crippen LogP contribution >= 0.6 is 11.6 Å². The van der Waals surface area contributed by atoms with Gasteiger partial charge in [0.1, 0.15) is 6.10 Å². The lowest BCUT2D eigenvalue weighted by molar-refractivity contribution is -0.0331. The van der Waals surface area contributed by atoms with Crippen molar-refractivity contribution in [3.8, 4) is 0 Å². The second kappa shape index (κ2) is 5.38. The van der Waals surface area contributed by atoms with Gasteiger partial charge in [-0.2, -0.15) is 5.10 Å². The van der Waals surface area contributed by atoms with Crippen LogP contribution < -0.4 is 0 Å². The van der Waals surface area contributed by atoms with E-state index in [9.17, 15) is 5.11 Å². The molecule has 3 unspecified atom stereocenters. The lowest BCUT2D eigenvalue weighted by atomic mass is 10.1. The number of aliphatic hydroxyl groups is 1. The van der Waals surface area contributed by atoms with Gasteiger partial charge >= 0.3 is 0 Å². The predicted molar refractivity (Wildman–Crippen MR) is 66.1 cm³/mol. The minimum absolute atomic E-state index is 0.158. The van der Waals surface area contributed by atoms with Gasteiger partial charge in [-0.05, 0) is 26.2 Å². The van der Waals surface area contributed by atoms with E-state index in [0.717, 1.165) is 25.8 Å². The van der Waals surface area contributed by atoms with Gasteiger partial charge in [-0.15, -0.1) is 0 Å². The third kappa shape index (κ3) is 2.64. The summed E-state index contributed by atoms with van der Waals surface area (Å²) in [5, 5.41) is 15.1. The van der Waals surface area contributed by atoms with E-state index in [-0.39, 0.29) is 12.2 Å². The Kier molecular flexibility index (Phi) is 4.07. The molecule has 2 heterocycles. The van der Waals surface area contributed by atoms with E-state index in [1.165, 1.54) is 0 Å². The van der Waals surface area contributed by atoms with Crippen molar-refractivity contribution >= 4 is 11.6 Å². The van der Waals surface area contributed by atoms with Crippen LogP contribution in [-0.2, 0) is 11.3 Å². The van der Waals surface area contributed by atoms with Crippen molar-refractivity contribution < 1.29 is 9.84 Å². The first-order valence-electron chi connectivity index (χ1n) is 6.18. The van der Waals surface area contributed by atoms with Crippen LogP contribution in [-0.4, -0.2) is 27.1 Å². The fraction of sp³-hybridized carbons (Fsp3) is 0.750. The molecule has 1 fully saturated rings. The van der Waals surface area contributed by atoms with Crippen LogP contribution in [0.1, 0.15) is 44.9 Å². The average molecular weight is 259 g/mol. The summed E-state index contributed by atoms with van der Waals surface area (Å²) in [7, 11) is 0. The van der Waals surface area contributed by atoms with E-state index in [4.69, 9.17) is 16.3 Å². The van der Waals surface area contributed by atoms with Crippen molar-refractivity contribution in [1.29, 1.82) is 0 Å². The SMILES string of the molecule is CCCn1ncc(Cl)c1C(O)C1CCC(C)O1. The topological polar surface area (TPSA) is 47.3 Å². The van der Waals surface area contributed by atoms with Crippen LogP contribution in [0.4, 0.5) is 0 Å². The van der Waals surface area contributed by atoms with Crippen molar-refractivity contribution in [2.75, 3.05) is 0 Å². The molecule has 1 aliphatic heterocycles. The number of halogens is 1. The molecule has 0 radical (unpaired) electrons. The van der Waals surface area contributed by atoms with E-state index in [0.29, 0.717) is 10.7 Å². The highest BCUT2D eigenvalue weighted by molar-refractivity contribution is 6.31. The summed E-state index contributed by atoms with van der Waals surface area (Å²) in [6, 6.07) is 0. The first kappa shape index (κ1) is 12.9. The molecule has 0 spiro atoms. The third-order valence-electron chi connectivity index (χ3n) is 3.17. The molecule has 96 valence electrons. The number of aliphatic hydroxyl groups excluding tert-OH is 1. The third-order valence-corrected chi connectivity index (χ3v) is 3.46. The predicted octanol–water partition coefficient (Wildman–Crippen LogP) is 2.55. The van der Waals surface area contributed by atoms with Gasteiger partial charge in [-0.3, -0.25) is 4.68 Å². The summed E-state index contributed by atoms with van der Waals surface area (Å²) in [4.78, 5) is 0. The summed E-state index contributed by atoms with van der Waals surface area (Å²) in [5.74, 6) is 0. The highest BCUT2D eigenvalue weighted by atomic mass is 35.5. The zero-order valence-corrected chi connectivity index (χ0v) is 11.0. The van der Waals surface area contributed by atoms with Gasteiger partial charge in [-0.25, -0.2) is 0 Å². The second-order valence-electron chi connectivity index (χ2n) is 4.61. The monoisotopic (exact) mass is 258 g/mol. The lowest BCUT2D eigenvalue weighted by Gasteiger charge is -2.20. The van der Waals surface area contributed by atoms with E-state index in [1.807, 2.05) is 6.92 Å². The Balaban J connectivity index is 2.17. The Morgan fingerprint density at radius 2 is 2.41 bits per heavy atom. The Morgan fingerprint density at radius 3 is 3.00 bits per heavy atom. The summed E-state index contributed by atoms with van der Waals surface area (Å²) in [6.07, 6.45) is 3.79. The maximum absolute atomic E-state index is 10.3. The van der Waals surface area contributed by atoms with Crippen molar-refractivity contribution in [2.24, 2.45) is 0 Å². The molecule has 4 nitrogen and oxygen atoms in total. The summed E-state index contributed by atoms with van der Waals surface area (Å²) in [6.45, 7) is 4.86. The van der Waals surface area contributed by atoms with E-state index < -0.39 is 6.10 Å². The molecule has 2 rings (SSSR count). The fourth-order valence-electron chi connectivity index (χ4n) is 2.30. The Morgan fingerprint density at radius 1 is 1.65 bits per heavy atom. The Labute approximate surface area is 107 Å². The zero-order valence-electron chi connectivity index (χ0n) is 10.3.